The van der Waals surface area contributed by atoms with Crippen molar-refractivity contribution < 1.29 is 0 Å². The van der Waals surface area contributed by atoms with Crippen molar-refractivity contribution in [2.24, 2.45) is 0 Å². The van der Waals surface area contributed by atoms with Gasteiger partial charge in [-0.25, -0.2) is 0 Å². The van der Waals surface area contributed by atoms with Crippen LogP contribution in [0.15, 0.2) is 12.7 Å². The van der Waals surface area contributed by atoms with Crippen LogP contribution in [0.25, 0.3) is 0 Å². The minimum absolute atomic E-state index is 0.794. The van der Waals surface area contributed by atoms with Crippen molar-refractivity contribution in [3.05, 3.63) is 12.7 Å². The average molecular weight is 170 g/mol. The third kappa shape index (κ3) is 2.19. The van der Waals surface area contributed by atoms with E-state index in [0.29, 0.717) is 0 Å². The molecule has 1 heteroatoms. The highest BCUT2D eigenvalue weighted by Gasteiger charge is 2.30. The molecule has 0 aliphatic heterocycles. The molecule has 66 valence electrons. The van der Waals surface area contributed by atoms with Crippen LogP contribution in [-0.4, -0.2) is 8.07 Å². The number of allylic oxidation sites excluding steroid dienone is 1. The lowest BCUT2D eigenvalue weighted by molar-refractivity contribution is 1.02. The molecule has 0 radical (unpaired) electrons. The molecule has 0 saturated heterocycles. The Hall–Kier alpha value is -0.0431. The van der Waals surface area contributed by atoms with Crippen LogP contribution in [-0.2, 0) is 0 Å². The van der Waals surface area contributed by atoms with Gasteiger partial charge in [-0.3, -0.25) is 0 Å². The second-order valence-corrected chi connectivity index (χ2v) is 9.20. The van der Waals surface area contributed by atoms with E-state index in [4.69, 9.17) is 0 Å². The first-order valence-corrected chi connectivity index (χ1v) is 7.49. The topological polar surface area (TPSA) is 0 Å². The number of rotatable bonds is 5. The molecule has 0 aliphatic rings. The second-order valence-electron chi connectivity index (χ2n) is 3.45. The zero-order valence-electron chi connectivity index (χ0n) is 8.48. The van der Waals surface area contributed by atoms with E-state index >= 15 is 0 Å². The summed E-state index contributed by atoms with van der Waals surface area (Å²) in [6, 6.07) is 4.23. The SMILES string of the molecule is C=C[C@H](C)[Si](CC)(CC)CC. The van der Waals surface area contributed by atoms with Crippen molar-refractivity contribution in [3.8, 4) is 0 Å². The van der Waals surface area contributed by atoms with Crippen molar-refractivity contribution in [1.82, 2.24) is 0 Å². The van der Waals surface area contributed by atoms with Gasteiger partial charge in [-0.05, 0) is 5.54 Å². The summed E-state index contributed by atoms with van der Waals surface area (Å²) >= 11 is 0. The molecule has 0 N–H and O–H groups in total. The van der Waals surface area contributed by atoms with Crippen LogP contribution in [0.1, 0.15) is 27.7 Å². The fourth-order valence-electron chi connectivity index (χ4n) is 1.97. The first-order valence-electron chi connectivity index (χ1n) is 4.79. The van der Waals surface area contributed by atoms with Gasteiger partial charge in [-0.15, -0.1) is 6.58 Å². The van der Waals surface area contributed by atoms with E-state index in [2.05, 4.69) is 40.3 Å². The molecule has 0 aromatic carbocycles. The zero-order chi connectivity index (χ0) is 8.91. The Morgan fingerprint density at radius 2 is 1.55 bits per heavy atom. The highest BCUT2D eigenvalue weighted by molar-refractivity contribution is 6.81. The van der Waals surface area contributed by atoms with Gasteiger partial charge in [0.25, 0.3) is 0 Å². The lowest BCUT2D eigenvalue weighted by Gasteiger charge is -2.32. The van der Waals surface area contributed by atoms with Gasteiger partial charge in [0.1, 0.15) is 0 Å². The lowest BCUT2D eigenvalue weighted by Crippen LogP contribution is -2.35. The summed E-state index contributed by atoms with van der Waals surface area (Å²) in [6.07, 6.45) is 2.16. The molecule has 0 unspecified atom stereocenters. The van der Waals surface area contributed by atoms with Crippen LogP contribution >= 0.6 is 0 Å². The minimum atomic E-state index is -0.939. The van der Waals surface area contributed by atoms with Gasteiger partial charge in [-0.1, -0.05) is 51.9 Å². The van der Waals surface area contributed by atoms with Crippen LogP contribution in [0.3, 0.4) is 0 Å². The fraction of sp³-hybridized carbons (Fsp3) is 0.800. The van der Waals surface area contributed by atoms with Gasteiger partial charge in [0.2, 0.25) is 0 Å². The van der Waals surface area contributed by atoms with Gasteiger partial charge < -0.3 is 0 Å². The minimum Gasteiger partial charge on any atom is -0.103 e. The zero-order valence-corrected chi connectivity index (χ0v) is 9.48. The van der Waals surface area contributed by atoms with Crippen molar-refractivity contribution in [1.29, 1.82) is 0 Å². The van der Waals surface area contributed by atoms with E-state index in [9.17, 15) is 0 Å². The van der Waals surface area contributed by atoms with Crippen molar-refractivity contribution >= 4 is 8.07 Å². The normalized spacial score (nSPS) is 14.5. The molecule has 0 amide bonds. The van der Waals surface area contributed by atoms with Crippen molar-refractivity contribution in [3.63, 3.8) is 0 Å². The van der Waals surface area contributed by atoms with E-state index < -0.39 is 8.07 Å². The molecule has 0 aromatic rings. The molecular weight excluding hydrogens is 148 g/mol. The summed E-state index contributed by atoms with van der Waals surface area (Å²) in [7, 11) is -0.939. The van der Waals surface area contributed by atoms with Crippen LogP contribution < -0.4 is 0 Å². The van der Waals surface area contributed by atoms with Gasteiger partial charge >= 0.3 is 0 Å². The second kappa shape index (κ2) is 4.76. The Morgan fingerprint density at radius 1 is 1.18 bits per heavy atom. The van der Waals surface area contributed by atoms with Gasteiger partial charge in [0, 0.05) is 0 Å². The molecule has 0 rings (SSSR count). The summed E-state index contributed by atoms with van der Waals surface area (Å²) in [5, 5.41) is 0. The average Bonchev–Trinajstić information content (AvgIpc) is 2.08. The maximum absolute atomic E-state index is 3.91. The highest BCUT2D eigenvalue weighted by atomic mass is 28.3. The molecule has 0 fully saturated rings. The Labute approximate surface area is 72.7 Å². The first kappa shape index (κ1) is 11.0. The molecule has 0 aliphatic carbocycles. The van der Waals surface area contributed by atoms with Crippen LogP contribution in [0.2, 0.25) is 23.7 Å². The molecule has 0 aromatic heterocycles. The molecular formula is C10H22Si. The monoisotopic (exact) mass is 170 g/mol. The molecule has 0 heterocycles. The summed E-state index contributed by atoms with van der Waals surface area (Å²) in [6.45, 7) is 13.3. The summed E-state index contributed by atoms with van der Waals surface area (Å²) in [4.78, 5) is 0. The quantitative estimate of drug-likeness (QED) is 0.431. The fourth-order valence-corrected chi connectivity index (χ4v) is 5.90. The highest BCUT2D eigenvalue weighted by Crippen LogP contribution is 2.33. The summed E-state index contributed by atoms with van der Waals surface area (Å²) in [5.74, 6) is 0. The molecule has 1 atom stereocenters. The van der Waals surface area contributed by atoms with Crippen LogP contribution in [0, 0.1) is 0 Å². The predicted octanol–water partition coefficient (Wildman–Crippen LogP) is 4.07. The maximum atomic E-state index is 3.91. The largest absolute Gasteiger partial charge is 0.103 e. The Morgan fingerprint density at radius 3 is 1.64 bits per heavy atom. The Kier molecular flexibility index (Phi) is 4.74. The van der Waals surface area contributed by atoms with E-state index in [1.165, 1.54) is 18.1 Å². The van der Waals surface area contributed by atoms with Crippen LogP contribution in [0.5, 0.6) is 0 Å². The summed E-state index contributed by atoms with van der Waals surface area (Å²) < 4.78 is 0. The number of hydrogen-bond donors (Lipinski definition) is 0. The van der Waals surface area contributed by atoms with E-state index in [-0.39, 0.29) is 0 Å². The van der Waals surface area contributed by atoms with E-state index in [0.717, 1.165) is 5.54 Å². The molecule has 11 heavy (non-hydrogen) atoms. The van der Waals surface area contributed by atoms with E-state index in [1.54, 1.807) is 0 Å². The standard InChI is InChI=1S/C10H22Si/c1-6-10(5)11(7-2,8-3)9-4/h6,10H,1,7-9H2,2-5H3/t10-/m0/s1. The van der Waals surface area contributed by atoms with Gasteiger partial charge in [-0.2, -0.15) is 0 Å². The van der Waals surface area contributed by atoms with E-state index in [1.807, 2.05) is 0 Å². The first-order chi connectivity index (χ1) is 5.16. The lowest BCUT2D eigenvalue weighted by atomic mass is 10.5. The molecule has 0 bridgehead atoms. The Balaban J connectivity index is 4.38. The number of hydrogen-bond acceptors (Lipinski definition) is 0. The Bertz CT molecular complexity index is 106. The summed E-state index contributed by atoms with van der Waals surface area (Å²) in [5.41, 5.74) is 0.794. The van der Waals surface area contributed by atoms with Crippen molar-refractivity contribution in [2.75, 3.05) is 0 Å². The molecule has 0 saturated carbocycles. The maximum Gasteiger partial charge on any atom is 0.0593 e. The van der Waals surface area contributed by atoms with Gasteiger partial charge in [0.15, 0.2) is 0 Å². The predicted molar refractivity (Wildman–Crippen MR) is 56.8 cm³/mol. The van der Waals surface area contributed by atoms with Crippen molar-refractivity contribution in [2.45, 2.75) is 51.4 Å². The molecule has 0 nitrogen and oxygen atoms in total. The molecule has 0 spiro atoms. The smallest absolute Gasteiger partial charge is 0.0593 e. The third-order valence-corrected chi connectivity index (χ3v) is 9.82. The third-order valence-electron chi connectivity index (χ3n) is 3.43. The van der Waals surface area contributed by atoms with Crippen LogP contribution in [0.4, 0.5) is 0 Å². The van der Waals surface area contributed by atoms with Gasteiger partial charge in [0.05, 0.1) is 8.07 Å².